The number of nitrogens with zero attached hydrogens (tertiary/aromatic N) is 1. The third-order valence-electron chi connectivity index (χ3n) is 4.32. The topological polar surface area (TPSA) is 83.6 Å². The number of hydrogen-bond acceptors (Lipinski definition) is 3. The standard InChI is InChI=1S/C16H22N2O3/c1-3-7-16(15(20)21)8-4-9-18(16)14(19)12-6-5-11(2)13(17)10-12/h5-6,10H,3-4,7-9,17H2,1-2H3,(H,20,21). The van der Waals surface area contributed by atoms with Crippen molar-refractivity contribution in [3.8, 4) is 0 Å². The lowest BCUT2D eigenvalue weighted by molar-refractivity contribution is -0.148. The Bertz CT molecular complexity index is 571. The van der Waals surface area contributed by atoms with Crippen LogP contribution in [0.15, 0.2) is 18.2 Å². The average Bonchev–Trinajstić information content (AvgIpc) is 2.86. The van der Waals surface area contributed by atoms with Gasteiger partial charge in [-0.1, -0.05) is 19.4 Å². The van der Waals surface area contributed by atoms with E-state index in [-0.39, 0.29) is 5.91 Å². The van der Waals surface area contributed by atoms with Gasteiger partial charge >= 0.3 is 5.97 Å². The molecule has 1 unspecified atom stereocenters. The fraction of sp³-hybridized carbons (Fsp3) is 0.500. The van der Waals surface area contributed by atoms with Crippen LogP contribution in [0.5, 0.6) is 0 Å². The van der Waals surface area contributed by atoms with Gasteiger partial charge in [-0.15, -0.1) is 0 Å². The van der Waals surface area contributed by atoms with Crippen LogP contribution in [0.3, 0.4) is 0 Å². The second-order valence-corrected chi connectivity index (χ2v) is 5.72. The number of likely N-dealkylation sites (tertiary alicyclic amines) is 1. The number of aryl methyl sites for hydroxylation is 1. The highest BCUT2D eigenvalue weighted by atomic mass is 16.4. The summed E-state index contributed by atoms with van der Waals surface area (Å²) in [7, 11) is 0. The second kappa shape index (κ2) is 5.76. The van der Waals surface area contributed by atoms with Crippen LogP contribution in [-0.2, 0) is 4.79 Å². The van der Waals surface area contributed by atoms with Crippen LogP contribution in [0.1, 0.15) is 48.5 Å². The number of carbonyl (C=O) groups is 2. The highest BCUT2D eigenvalue weighted by Crippen LogP contribution is 2.35. The van der Waals surface area contributed by atoms with Gasteiger partial charge in [-0.05, 0) is 43.9 Å². The minimum Gasteiger partial charge on any atom is -0.479 e. The van der Waals surface area contributed by atoms with Crippen molar-refractivity contribution < 1.29 is 14.7 Å². The van der Waals surface area contributed by atoms with Gasteiger partial charge in [-0.2, -0.15) is 0 Å². The van der Waals surface area contributed by atoms with E-state index >= 15 is 0 Å². The van der Waals surface area contributed by atoms with E-state index in [4.69, 9.17) is 5.73 Å². The summed E-state index contributed by atoms with van der Waals surface area (Å²) in [5, 5.41) is 9.64. The van der Waals surface area contributed by atoms with E-state index in [2.05, 4.69) is 0 Å². The van der Waals surface area contributed by atoms with E-state index in [1.807, 2.05) is 13.8 Å². The Kier molecular flexibility index (Phi) is 4.21. The van der Waals surface area contributed by atoms with Crippen molar-refractivity contribution in [2.45, 2.75) is 45.1 Å². The van der Waals surface area contributed by atoms with Gasteiger partial charge < -0.3 is 15.7 Å². The molecule has 0 bridgehead atoms. The molecule has 2 rings (SSSR count). The number of carboxylic acids is 1. The van der Waals surface area contributed by atoms with Crippen LogP contribution >= 0.6 is 0 Å². The number of benzene rings is 1. The molecule has 0 radical (unpaired) electrons. The molecule has 1 saturated heterocycles. The number of hydrogen-bond donors (Lipinski definition) is 2. The molecule has 0 aliphatic carbocycles. The molecule has 1 heterocycles. The minimum atomic E-state index is -1.06. The molecule has 5 nitrogen and oxygen atoms in total. The van der Waals surface area contributed by atoms with Gasteiger partial charge in [0.25, 0.3) is 5.91 Å². The number of carboxylic acid groups (broad SMARTS) is 1. The van der Waals surface area contributed by atoms with Crippen molar-refractivity contribution in [1.82, 2.24) is 4.90 Å². The average molecular weight is 290 g/mol. The number of aliphatic carboxylic acids is 1. The molecule has 114 valence electrons. The van der Waals surface area contributed by atoms with Gasteiger partial charge in [0, 0.05) is 17.8 Å². The molecule has 1 amide bonds. The van der Waals surface area contributed by atoms with Gasteiger partial charge in [0.2, 0.25) is 0 Å². The smallest absolute Gasteiger partial charge is 0.329 e. The van der Waals surface area contributed by atoms with Gasteiger partial charge in [0.15, 0.2) is 0 Å². The van der Waals surface area contributed by atoms with Crippen molar-refractivity contribution in [3.05, 3.63) is 29.3 Å². The highest BCUT2D eigenvalue weighted by molar-refractivity contribution is 5.99. The Morgan fingerprint density at radius 2 is 2.14 bits per heavy atom. The molecular formula is C16H22N2O3. The molecule has 1 aliphatic heterocycles. The number of anilines is 1. The molecule has 1 aromatic carbocycles. The summed E-state index contributed by atoms with van der Waals surface area (Å²) in [5.41, 5.74) is 6.71. The van der Waals surface area contributed by atoms with Crippen molar-refractivity contribution >= 4 is 17.6 Å². The summed E-state index contributed by atoms with van der Waals surface area (Å²) in [4.78, 5) is 26.0. The number of amides is 1. The van der Waals surface area contributed by atoms with Crippen LogP contribution in [0.25, 0.3) is 0 Å². The molecule has 1 aromatic rings. The summed E-state index contributed by atoms with van der Waals surface area (Å²) in [5.74, 6) is -1.15. The molecule has 5 heteroatoms. The monoisotopic (exact) mass is 290 g/mol. The van der Waals surface area contributed by atoms with Crippen LogP contribution in [0.4, 0.5) is 5.69 Å². The number of nitrogen functional groups attached to an aromatic ring is 1. The maximum absolute atomic E-state index is 12.7. The first-order valence-electron chi connectivity index (χ1n) is 7.34. The van der Waals surface area contributed by atoms with Crippen molar-refractivity contribution in [3.63, 3.8) is 0 Å². The van der Waals surface area contributed by atoms with E-state index in [0.717, 1.165) is 18.4 Å². The van der Waals surface area contributed by atoms with Gasteiger partial charge in [0.1, 0.15) is 5.54 Å². The second-order valence-electron chi connectivity index (χ2n) is 5.72. The Balaban J connectivity index is 2.36. The van der Waals surface area contributed by atoms with Gasteiger partial charge in [-0.3, -0.25) is 4.79 Å². The van der Waals surface area contributed by atoms with E-state index < -0.39 is 11.5 Å². The van der Waals surface area contributed by atoms with Crippen molar-refractivity contribution in [2.75, 3.05) is 12.3 Å². The maximum Gasteiger partial charge on any atom is 0.329 e. The quantitative estimate of drug-likeness (QED) is 0.834. The lowest BCUT2D eigenvalue weighted by atomic mass is 9.90. The summed E-state index contributed by atoms with van der Waals surface area (Å²) >= 11 is 0. The van der Waals surface area contributed by atoms with Crippen LogP contribution in [0.2, 0.25) is 0 Å². The van der Waals surface area contributed by atoms with E-state index in [9.17, 15) is 14.7 Å². The molecule has 0 spiro atoms. The van der Waals surface area contributed by atoms with E-state index in [1.165, 1.54) is 4.90 Å². The summed E-state index contributed by atoms with van der Waals surface area (Å²) < 4.78 is 0. The third kappa shape index (κ3) is 2.60. The summed E-state index contributed by atoms with van der Waals surface area (Å²) in [6.45, 7) is 4.30. The van der Waals surface area contributed by atoms with E-state index in [1.54, 1.807) is 18.2 Å². The molecule has 1 atom stereocenters. The predicted molar refractivity (Wildman–Crippen MR) is 81.1 cm³/mol. The Morgan fingerprint density at radius 3 is 2.71 bits per heavy atom. The molecule has 1 aliphatic rings. The predicted octanol–water partition coefficient (Wildman–Crippen LogP) is 2.44. The summed E-state index contributed by atoms with van der Waals surface area (Å²) in [6, 6.07) is 5.14. The van der Waals surface area contributed by atoms with Crippen LogP contribution in [0, 0.1) is 6.92 Å². The van der Waals surface area contributed by atoms with Gasteiger partial charge in [0.05, 0.1) is 0 Å². The molecule has 0 saturated carbocycles. The first-order chi connectivity index (χ1) is 9.92. The first kappa shape index (κ1) is 15.4. The molecule has 0 aromatic heterocycles. The lowest BCUT2D eigenvalue weighted by Crippen LogP contribution is -2.53. The summed E-state index contributed by atoms with van der Waals surface area (Å²) in [6.07, 6.45) is 2.45. The Morgan fingerprint density at radius 1 is 1.43 bits per heavy atom. The number of carbonyl (C=O) groups excluding carboxylic acids is 1. The Hall–Kier alpha value is -2.04. The largest absolute Gasteiger partial charge is 0.479 e. The van der Waals surface area contributed by atoms with Crippen molar-refractivity contribution in [1.29, 1.82) is 0 Å². The normalized spacial score (nSPS) is 21.5. The molecule has 3 N–H and O–H groups in total. The zero-order valence-corrected chi connectivity index (χ0v) is 12.6. The zero-order valence-electron chi connectivity index (χ0n) is 12.6. The SMILES string of the molecule is CCCC1(C(=O)O)CCCN1C(=O)c1ccc(C)c(N)c1. The van der Waals surface area contributed by atoms with Gasteiger partial charge in [-0.25, -0.2) is 4.79 Å². The van der Waals surface area contributed by atoms with Crippen LogP contribution in [-0.4, -0.2) is 34.0 Å². The molecular weight excluding hydrogens is 268 g/mol. The zero-order chi connectivity index (χ0) is 15.6. The molecule has 1 fully saturated rings. The number of rotatable bonds is 4. The molecule has 21 heavy (non-hydrogen) atoms. The minimum absolute atomic E-state index is 0.241. The van der Waals surface area contributed by atoms with Crippen LogP contribution < -0.4 is 5.73 Å². The fourth-order valence-corrected chi connectivity index (χ4v) is 3.11. The number of nitrogens with two attached hydrogens (primary N) is 1. The van der Waals surface area contributed by atoms with Crippen molar-refractivity contribution in [2.24, 2.45) is 0 Å². The highest BCUT2D eigenvalue weighted by Gasteiger charge is 2.49. The first-order valence-corrected chi connectivity index (χ1v) is 7.34. The lowest BCUT2D eigenvalue weighted by Gasteiger charge is -2.34. The maximum atomic E-state index is 12.7. The fourth-order valence-electron chi connectivity index (χ4n) is 3.11. The van der Waals surface area contributed by atoms with E-state index in [0.29, 0.717) is 30.6 Å². The Labute approximate surface area is 124 Å². The third-order valence-corrected chi connectivity index (χ3v) is 4.32.